The summed E-state index contributed by atoms with van der Waals surface area (Å²) in [5.74, 6) is -1.92. The number of benzene rings is 1. The molecule has 2 rings (SSSR count). The molecule has 4 N–H and O–H groups in total. The van der Waals surface area contributed by atoms with Crippen molar-refractivity contribution in [1.29, 1.82) is 0 Å². The van der Waals surface area contributed by atoms with Crippen LogP contribution >= 0.6 is 0 Å². The van der Waals surface area contributed by atoms with Crippen molar-refractivity contribution < 1.29 is 19.1 Å². The zero-order valence-corrected chi connectivity index (χ0v) is 10.2. The second-order valence-electron chi connectivity index (χ2n) is 3.88. The number of carbonyl (C=O) groups excluding carboxylic acids is 1. The largest absolute Gasteiger partial charge is 0.478 e. The minimum atomic E-state index is -1.20. The molecule has 1 heterocycles. The normalized spacial score (nSPS) is 10.1. The number of urea groups is 1. The van der Waals surface area contributed by atoms with Crippen LogP contribution in [0.1, 0.15) is 16.1 Å². The molecule has 0 fully saturated rings. The Bertz CT molecular complexity index is 628. The maximum absolute atomic E-state index is 13.5. The average Bonchev–Trinajstić information content (AvgIpc) is 2.92. The van der Waals surface area contributed by atoms with Crippen LogP contribution in [0, 0.1) is 5.82 Å². The van der Waals surface area contributed by atoms with Gasteiger partial charge >= 0.3 is 12.0 Å². The van der Waals surface area contributed by atoms with Gasteiger partial charge in [0.25, 0.3) is 0 Å². The van der Waals surface area contributed by atoms with E-state index in [1.165, 1.54) is 12.5 Å². The Morgan fingerprint density at radius 1 is 1.40 bits per heavy atom. The Balaban J connectivity index is 2.00. The SMILES string of the molecule is O=C(NCc1cnc[nH]1)Nc1cc(C(=O)O)ccc1F. The number of aromatic carboxylic acids is 1. The number of halogens is 1. The highest BCUT2D eigenvalue weighted by molar-refractivity contribution is 5.93. The first-order chi connectivity index (χ1) is 9.56. The van der Waals surface area contributed by atoms with E-state index in [-0.39, 0.29) is 17.8 Å². The number of hydrogen-bond donors (Lipinski definition) is 4. The number of nitrogens with zero attached hydrogens (tertiary/aromatic N) is 1. The fourth-order valence-electron chi connectivity index (χ4n) is 1.48. The average molecular weight is 278 g/mol. The number of H-pyrrole nitrogens is 1. The van der Waals surface area contributed by atoms with Gasteiger partial charge in [0, 0.05) is 6.20 Å². The van der Waals surface area contributed by atoms with Crippen molar-refractivity contribution in [2.45, 2.75) is 6.54 Å². The first-order valence-electron chi connectivity index (χ1n) is 5.61. The number of aromatic nitrogens is 2. The van der Waals surface area contributed by atoms with Gasteiger partial charge in [0.2, 0.25) is 0 Å². The van der Waals surface area contributed by atoms with Gasteiger partial charge in [0.05, 0.1) is 29.8 Å². The van der Waals surface area contributed by atoms with E-state index in [1.54, 1.807) is 0 Å². The zero-order chi connectivity index (χ0) is 14.5. The Kier molecular flexibility index (Phi) is 3.94. The van der Waals surface area contributed by atoms with E-state index >= 15 is 0 Å². The minimum Gasteiger partial charge on any atom is -0.478 e. The van der Waals surface area contributed by atoms with Crippen LogP contribution in [0.15, 0.2) is 30.7 Å². The number of amides is 2. The molecule has 0 spiro atoms. The lowest BCUT2D eigenvalue weighted by atomic mass is 10.2. The van der Waals surface area contributed by atoms with E-state index in [1.807, 2.05) is 0 Å². The molecule has 0 radical (unpaired) electrons. The lowest BCUT2D eigenvalue weighted by Gasteiger charge is -2.08. The van der Waals surface area contributed by atoms with E-state index in [0.29, 0.717) is 5.69 Å². The predicted octanol–water partition coefficient (Wildman–Crippen LogP) is 1.57. The summed E-state index contributed by atoms with van der Waals surface area (Å²) in [6.45, 7) is 0.187. The van der Waals surface area contributed by atoms with Gasteiger partial charge in [-0.25, -0.2) is 19.0 Å². The molecule has 0 saturated carbocycles. The summed E-state index contributed by atoms with van der Waals surface area (Å²) >= 11 is 0. The third-order valence-electron chi connectivity index (χ3n) is 2.46. The maximum Gasteiger partial charge on any atom is 0.335 e. The highest BCUT2D eigenvalue weighted by Crippen LogP contribution is 2.16. The molecule has 0 atom stereocenters. The summed E-state index contributed by atoms with van der Waals surface area (Å²) in [7, 11) is 0. The number of hydrogen-bond acceptors (Lipinski definition) is 3. The molecular formula is C12H11FN4O3. The van der Waals surface area contributed by atoms with E-state index in [9.17, 15) is 14.0 Å². The number of carboxylic acids is 1. The highest BCUT2D eigenvalue weighted by Gasteiger charge is 2.11. The summed E-state index contributed by atoms with van der Waals surface area (Å²) in [5.41, 5.74) is 0.363. The number of anilines is 1. The van der Waals surface area contributed by atoms with Crippen LogP contribution in [0.4, 0.5) is 14.9 Å². The number of nitrogens with one attached hydrogen (secondary N) is 3. The molecule has 0 aliphatic carbocycles. The van der Waals surface area contributed by atoms with Gasteiger partial charge in [0.1, 0.15) is 5.82 Å². The number of carbonyl (C=O) groups is 2. The second-order valence-corrected chi connectivity index (χ2v) is 3.88. The molecule has 2 amide bonds. The van der Waals surface area contributed by atoms with Gasteiger partial charge in [-0.2, -0.15) is 0 Å². The number of imidazole rings is 1. The van der Waals surface area contributed by atoms with Gasteiger partial charge in [-0.3, -0.25) is 0 Å². The smallest absolute Gasteiger partial charge is 0.335 e. The van der Waals surface area contributed by atoms with Crippen LogP contribution in [-0.4, -0.2) is 27.1 Å². The van der Waals surface area contributed by atoms with E-state index in [4.69, 9.17) is 5.11 Å². The Morgan fingerprint density at radius 2 is 2.20 bits per heavy atom. The molecule has 7 nitrogen and oxygen atoms in total. The van der Waals surface area contributed by atoms with Crippen LogP contribution in [-0.2, 0) is 6.54 Å². The van der Waals surface area contributed by atoms with Crippen LogP contribution in [0.25, 0.3) is 0 Å². The van der Waals surface area contributed by atoms with Crippen molar-refractivity contribution in [2.75, 3.05) is 5.32 Å². The molecule has 8 heteroatoms. The quantitative estimate of drug-likeness (QED) is 0.680. The van der Waals surface area contributed by atoms with Gasteiger partial charge in [-0.05, 0) is 18.2 Å². The predicted molar refractivity (Wildman–Crippen MR) is 67.8 cm³/mol. The van der Waals surface area contributed by atoms with Gasteiger partial charge in [0.15, 0.2) is 0 Å². The number of carboxylic acid groups (broad SMARTS) is 1. The van der Waals surface area contributed by atoms with Gasteiger partial charge in [-0.1, -0.05) is 0 Å². The number of rotatable bonds is 4. The molecule has 104 valence electrons. The molecule has 0 aliphatic heterocycles. The zero-order valence-electron chi connectivity index (χ0n) is 10.2. The first-order valence-corrected chi connectivity index (χ1v) is 5.61. The molecule has 0 bridgehead atoms. The highest BCUT2D eigenvalue weighted by atomic mass is 19.1. The van der Waals surface area contributed by atoms with Crippen molar-refractivity contribution in [2.24, 2.45) is 0 Å². The maximum atomic E-state index is 13.5. The van der Waals surface area contributed by atoms with Gasteiger partial charge < -0.3 is 20.7 Å². The first kappa shape index (κ1) is 13.5. The Morgan fingerprint density at radius 3 is 2.85 bits per heavy atom. The van der Waals surface area contributed by atoms with Crippen molar-refractivity contribution in [1.82, 2.24) is 15.3 Å². The third-order valence-corrected chi connectivity index (χ3v) is 2.46. The van der Waals surface area contributed by atoms with Crippen molar-refractivity contribution in [3.8, 4) is 0 Å². The molecule has 1 aromatic carbocycles. The lowest BCUT2D eigenvalue weighted by Crippen LogP contribution is -2.28. The Hall–Kier alpha value is -2.90. The summed E-state index contributed by atoms with van der Waals surface area (Å²) < 4.78 is 13.5. The summed E-state index contributed by atoms with van der Waals surface area (Å²) in [6, 6.07) is 2.49. The molecule has 0 unspecified atom stereocenters. The van der Waals surface area contributed by atoms with Crippen LogP contribution in [0.3, 0.4) is 0 Å². The van der Waals surface area contributed by atoms with Crippen molar-refractivity contribution in [3.05, 3.63) is 47.8 Å². The molecule has 20 heavy (non-hydrogen) atoms. The second kappa shape index (κ2) is 5.83. The topological polar surface area (TPSA) is 107 Å². The van der Waals surface area contributed by atoms with E-state index < -0.39 is 17.8 Å². The van der Waals surface area contributed by atoms with Crippen molar-refractivity contribution in [3.63, 3.8) is 0 Å². The fraction of sp³-hybridized carbons (Fsp3) is 0.0833. The van der Waals surface area contributed by atoms with Crippen LogP contribution in [0.2, 0.25) is 0 Å². The summed E-state index contributed by atoms with van der Waals surface area (Å²) in [4.78, 5) is 28.9. The van der Waals surface area contributed by atoms with Crippen molar-refractivity contribution >= 4 is 17.7 Å². The van der Waals surface area contributed by atoms with Crippen LogP contribution < -0.4 is 10.6 Å². The number of aromatic amines is 1. The van der Waals surface area contributed by atoms with Gasteiger partial charge in [-0.15, -0.1) is 0 Å². The summed E-state index contributed by atoms with van der Waals surface area (Å²) in [6.07, 6.45) is 3.00. The molecular weight excluding hydrogens is 267 g/mol. The molecule has 2 aromatic rings. The summed E-state index contributed by atoms with van der Waals surface area (Å²) in [5, 5.41) is 13.5. The molecule has 0 aliphatic rings. The third kappa shape index (κ3) is 3.31. The molecule has 1 aromatic heterocycles. The molecule has 0 saturated heterocycles. The lowest BCUT2D eigenvalue weighted by molar-refractivity contribution is 0.0697. The van der Waals surface area contributed by atoms with E-state index in [2.05, 4.69) is 20.6 Å². The van der Waals surface area contributed by atoms with E-state index in [0.717, 1.165) is 18.2 Å². The fourth-order valence-corrected chi connectivity index (χ4v) is 1.48. The van der Waals surface area contributed by atoms with Crippen LogP contribution in [0.5, 0.6) is 0 Å². The Labute approximate surface area is 112 Å². The standard InChI is InChI=1S/C12H11FN4O3/c13-9-2-1-7(11(18)19)3-10(9)17-12(20)15-5-8-4-14-6-16-8/h1-4,6H,5H2,(H,14,16)(H,18,19)(H2,15,17,20). The minimum absolute atomic E-state index is 0.115. The monoisotopic (exact) mass is 278 g/mol.